The van der Waals surface area contributed by atoms with Crippen LogP contribution in [-0.2, 0) is 6.54 Å². The van der Waals surface area contributed by atoms with Crippen molar-refractivity contribution < 1.29 is 14.0 Å². The van der Waals surface area contributed by atoms with Crippen molar-refractivity contribution in [2.75, 3.05) is 11.9 Å². The average molecular weight is 377 g/mol. The predicted octanol–water partition coefficient (Wildman–Crippen LogP) is 3.04. The fourth-order valence-electron chi connectivity index (χ4n) is 3.58. The van der Waals surface area contributed by atoms with Gasteiger partial charge in [-0.1, -0.05) is 6.07 Å². The predicted molar refractivity (Wildman–Crippen MR) is 103 cm³/mol. The van der Waals surface area contributed by atoms with Crippen molar-refractivity contribution in [1.29, 1.82) is 0 Å². The Morgan fingerprint density at radius 3 is 2.96 bits per heavy atom. The summed E-state index contributed by atoms with van der Waals surface area (Å²) < 4.78 is 15.3. The first-order valence-corrected chi connectivity index (χ1v) is 8.96. The number of aromatic nitrogens is 3. The third kappa shape index (κ3) is 2.70. The summed E-state index contributed by atoms with van der Waals surface area (Å²) in [5.74, 6) is -0.569. The minimum absolute atomic E-state index is 0.103. The molecule has 2 aromatic heterocycles. The highest BCUT2D eigenvalue weighted by Gasteiger charge is 2.19. The number of amides is 2. The minimum atomic E-state index is -0.377. The van der Waals surface area contributed by atoms with E-state index in [1.807, 2.05) is 16.7 Å². The van der Waals surface area contributed by atoms with E-state index >= 15 is 0 Å². The first kappa shape index (κ1) is 16.5. The highest BCUT2D eigenvalue weighted by atomic mass is 19.1. The lowest BCUT2D eigenvalue weighted by Gasteiger charge is -2.06. The van der Waals surface area contributed by atoms with Crippen molar-refractivity contribution in [3.63, 3.8) is 0 Å². The largest absolute Gasteiger partial charge is 0.351 e. The summed E-state index contributed by atoms with van der Waals surface area (Å²) in [5.41, 5.74) is 2.96. The Kier molecular flexibility index (Phi) is 3.65. The number of aromatic amines is 1. The second-order valence-corrected chi connectivity index (χ2v) is 6.77. The van der Waals surface area contributed by atoms with Crippen LogP contribution in [0.5, 0.6) is 0 Å². The van der Waals surface area contributed by atoms with Gasteiger partial charge in [-0.2, -0.15) is 0 Å². The number of rotatable bonds is 2. The third-order valence-corrected chi connectivity index (χ3v) is 4.92. The highest BCUT2D eigenvalue weighted by molar-refractivity contribution is 6.07. The molecule has 28 heavy (non-hydrogen) atoms. The molecule has 0 atom stereocenters. The van der Waals surface area contributed by atoms with E-state index in [1.165, 1.54) is 12.1 Å². The molecule has 0 spiro atoms. The lowest BCUT2D eigenvalue weighted by molar-refractivity contribution is 0.0950. The monoisotopic (exact) mass is 377 g/mol. The zero-order valence-electron chi connectivity index (χ0n) is 14.8. The number of anilines is 1. The third-order valence-electron chi connectivity index (χ3n) is 4.92. The van der Waals surface area contributed by atoms with Gasteiger partial charge in [-0.05, 0) is 42.8 Å². The normalized spacial score (nSPS) is 14.0. The molecular weight excluding hydrogens is 361 g/mol. The van der Waals surface area contributed by atoms with Crippen LogP contribution in [0.1, 0.15) is 27.3 Å². The van der Waals surface area contributed by atoms with Crippen LogP contribution >= 0.6 is 0 Å². The number of benzene rings is 2. The van der Waals surface area contributed by atoms with Crippen LogP contribution in [0.3, 0.4) is 0 Å². The Morgan fingerprint density at radius 2 is 2.07 bits per heavy atom. The summed E-state index contributed by atoms with van der Waals surface area (Å²) in [6.07, 6.45) is 0.828. The number of halogens is 1. The number of H-pyrrole nitrogens is 1. The van der Waals surface area contributed by atoms with E-state index in [1.54, 1.807) is 18.2 Å². The number of carbonyl (C=O) groups excluding carboxylic acids is 2. The summed E-state index contributed by atoms with van der Waals surface area (Å²) >= 11 is 0. The van der Waals surface area contributed by atoms with E-state index in [4.69, 9.17) is 0 Å². The fraction of sp³-hybridized carbons (Fsp3) is 0.150. The zero-order valence-corrected chi connectivity index (χ0v) is 14.8. The van der Waals surface area contributed by atoms with E-state index in [0.29, 0.717) is 35.4 Å². The van der Waals surface area contributed by atoms with Gasteiger partial charge in [-0.15, -0.1) is 0 Å². The molecule has 0 saturated carbocycles. The van der Waals surface area contributed by atoms with Gasteiger partial charge in [-0.25, -0.2) is 9.37 Å². The molecule has 2 aromatic carbocycles. The standard InChI is InChI=1S/C20H16FN5O2/c21-13-4-5-14-15(10-13)24-20(23-14)25-18(27)12-3-2-11-8-17-19(28)22-6-1-7-26(17)16(11)9-12/h2-5,8-10H,1,6-7H2,(H,22,28)(H2,23,24,25,27). The number of hydrogen-bond donors (Lipinski definition) is 3. The van der Waals surface area contributed by atoms with Crippen LogP contribution in [0.2, 0.25) is 0 Å². The summed E-state index contributed by atoms with van der Waals surface area (Å²) in [5, 5.41) is 6.48. The highest BCUT2D eigenvalue weighted by Crippen LogP contribution is 2.24. The number of nitrogens with zero attached hydrogens (tertiary/aromatic N) is 2. The lowest BCUT2D eigenvalue weighted by atomic mass is 10.1. The second-order valence-electron chi connectivity index (χ2n) is 6.77. The molecule has 0 saturated heterocycles. The Hall–Kier alpha value is -3.68. The maximum Gasteiger partial charge on any atom is 0.267 e. The Morgan fingerprint density at radius 1 is 1.18 bits per heavy atom. The Labute approximate surface area is 158 Å². The molecule has 8 heteroatoms. The Balaban J connectivity index is 1.48. The maximum atomic E-state index is 13.3. The van der Waals surface area contributed by atoms with Crippen LogP contribution in [0.25, 0.3) is 21.9 Å². The average Bonchev–Trinajstić information content (AvgIpc) is 3.19. The maximum absolute atomic E-state index is 13.3. The van der Waals surface area contributed by atoms with Crippen LogP contribution in [0, 0.1) is 5.82 Å². The molecule has 2 amide bonds. The molecule has 1 aliphatic heterocycles. The summed E-state index contributed by atoms with van der Waals surface area (Å²) in [4.78, 5) is 32.0. The van der Waals surface area contributed by atoms with E-state index in [-0.39, 0.29) is 23.6 Å². The zero-order chi connectivity index (χ0) is 19.3. The SMILES string of the molecule is O=C(Nc1nc2ccc(F)cc2[nH]1)c1ccc2cc3n(c2c1)CCCNC3=O. The van der Waals surface area contributed by atoms with E-state index in [2.05, 4.69) is 20.6 Å². The molecule has 3 heterocycles. The minimum Gasteiger partial charge on any atom is -0.351 e. The lowest BCUT2D eigenvalue weighted by Crippen LogP contribution is -2.22. The molecule has 3 N–H and O–H groups in total. The van der Waals surface area contributed by atoms with Gasteiger partial charge in [-0.3, -0.25) is 14.9 Å². The van der Waals surface area contributed by atoms with Gasteiger partial charge >= 0.3 is 0 Å². The summed E-state index contributed by atoms with van der Waals surface area (Å²) in [6.45, 7) is 1.34. The Bertz CT molecular complexity index is 1260. The number of nitrogens with one attached hydrogen (secondary N) is 3. The first-order chi connectivity index (χ1) is 13.6. The number of imidazole rings is 1. The first-order valence-electron chi connectivity index (χ1n) is 8.96. The van der Waals surface area contributed by atoms with Gasteiger partial charge in [0.2, 0.25) is 5.95 Å². The van der Waals surface area contributed by atoms with Crippen molar-refractivity contribution in [3.8, 4) is 0 Å². The van der Waals surface area contributed by atoms with Crippen molar-refractivity contribution in [1.82, 2.24) is 19.9 Å². The molecule has 0 radical (unpaired) electrons. The van der Waals surface area contributed by atoms with Crippen LogP contribution in [-0.4, -0.2) is 32.9 Å². The number of fused-ring (bicyclic) bond motifs is 4. The molecule has 0 bridgehead atoms. The fourth-order valence-corrected chi connectivity index (χ4v) is 3.58. The molecular formula is C20H16FN5O2. The van der Waals surface area contributed by atoms with E-state index < -0.39 is 0 Å². The van der Waals surface area contributed by atoms with Crippen LogP contribution in [0.15, 0.2) is 42.5 Å². The molecule has 0 aliphatic carbocycles. The molecule has 4 aromatic rings. The molecule has 0 unspecified atom stereocenters. The van der Waals surface area contributed by atoms with Gasteiger partial charge in [0.15, 0.2) is 0 Å². The molecule has 5 rings (SSSR count). The number of carbonyl (C=O) groups is 2. The van der Waals surface area contributed by atoms with Gasteiger partial charge in [0.25, 0.3) is 11.8 Å². The van der Waals surface area contributed by atoms with Gasteiger partial charge in [0.1, 0.15) is 11.5 Å². The van der Waals surface area contributed by atoms with Crippen molar-refractivity contribution in [3.05, 3.63) is 59.5 Å². The second kappa shape index (κ2) is 6.19. The van der Waals surface area contributed by atoms with Crippen LogP contribution in [0.4, 0.5) is 10.3 Å². The quantitative estimate of drug-likeness (QED) is 0.501. The van der Waals surface area contributed by atoms with Gasteiger partial charge in [0.05, 0.1) is 11.0 Å². The van der Waals surface area contributed by atoms with Crippen molar-refractivity contribution in [2.45, 2.75) is 13.0 Å². The topological polar surface area (TPSA) is 91.8 Å². The van der Waals surface area contributed by atoms with Crippen LogP contribution < -0.4 is 10.6 Å². The van der Waals surface area contributed by atoms with Crippen molar-refractivity contribution in [2.24, 2.45) is 0 Å². The molecule has 1 aliphatic rings. The number of aryl methyl sites for hydroxylation is 1. The van der Waals surface area contributed by atoms with E-state index in [0.717, 1.165) is 17.3 Å². The summed E-state index contributed by atoms with van der Waals surface area (Å²) in [6, 6.07) is 11.3. The van der Waals surface area contributed by atoms with Crippen molar-refractivity contribution >= 4 is 39.7 Å². The summed E-state index contributed by atoms with van der Waals surface area (Å²) in [7, 11) is 0. The molecule has 140 valence electrons. The van der Waals surface area contributed by atoms with Gasteiger partial charge < -0.3 is 14.9 Å². The number of hydrogen-bond acceptors (Lipinski definition) is 3. The molecule has 0 fully saturated rings. The van der Waals surface area contributed by atoms with E-state index in [9.17, 15) is 14.0 Å². The molecule has 7 nitrogen and oxygen atoms in total. The van der Waals surface area contributed by atoms with Gasteiger partial charge in [0, 0.05) is 29.6 Å². The smallest absolute Gasteiger partial charge is 0.267 e.